The summed E-state index contributed by atoms with van der Waals surface area (Å²) in [4.78, 5) is 28.1. The molecule has 6 rings (SSSR count). The van der Waals surface area contributed by atoms with Crippen molar-refractivity contribution < 1.29 is 27.1 Å². The summed E-state index contributed by atoms with van der Waals surface area (Å²) < 4.78 is 54.3. The molecule has 260 valence electrons. The number of nitrogens with zero attached hydrogens (tertiary/aromatic N) is 4. The summed E-state index contributed by atoms with van der Waals surface area (Å²) >= 11 is 0. The molecular weight excluding hydrogens is 660 g/mol. The van der Waals surface area contributed by atoms with Crippen molar-refractivity contribution in [3.05, 3.63) is 102 Å². The lowest BCUT2D eigenvalue weighted by Crippen LogP contribution is -2.47. The quantitative estimate of drug-likeness (QED) is 0.159. The molecule has 2 aromatic heterocycles. The highest BCUT2D eigenvalue weighted by atomic mass is 32.2. The number of piperidine rings is 1. The van der Waals surface area contributed by atoms with Crippen LogP contribution in [-0.4, -0.2) is 59.1 Å². The van der Waals surface area contributed by atoms with E-state index >= 15 is 0 Å². The third-order valence-electron chi connectivity index (χ3n) is 8.05. The van der Waals surface area contributed by atoms with E-state index in [1.807, 2.05) is 52.0 Å². The summed E-state index contributed by atoms with van der Waals surface area (Å²) in [7, 11) is -3.82. The highest BCUT2D eigenvalue weighted by Gasteiger charge is 2.28. The van der Waals surface area contributed by atoms with E-state index in [1.54, 1.807) is 41.6 Å². The van der Waals surface area contributed by atoms with E-state index in [0.717, 1.165) is 18.4 Å². The van der Waals surface area contributed by atoms with Crippen LogP contribution in [-0.2, 0) is 20.5 Å². The fraction of sp³-hybridized carbons (Fsp3) is 0.297. The van der Waals surface area contributed by atoms with Crippen LogP contribution in [0.25, 0.3) is 22.0 Å². The minimum absolute atomic E-state index is 0.0585. The molecule has 0 unspecified atom stereocenters. The Kier molecular flexibility index (Phi) is 9.87. The molecule has 3 aromatic carbocycles. The second kappa shape index (κ2) is 14.3. The van der Waals surface area contributed by atoms with Gasteiger partial charge in [0.2, 0.25) is 21.9 Å². The van der Waals surface area contributed by atoms with Crippen molar-refractivity contribution in [2.75, 3.05) is 23.1 Å². The topological polar surface area (TPSA) is 136 Å². The van der Waals surface area contributed by atoms with Gasteiger partial charge in [0.1, 0.15) is 17.2 Å². The van der Waals surface area contributed by atoms with Gasteiger partial charge in [-0.1, -0.05) is 36.4 Å². The summed E-state index contributed by atoms with van der Waals surface area (Å²) in [6.07, 6.45) is 4.61. The molecule has 1 aliphatic rings. The number of rotatable bonds is 9. The standard InChI is InChI=1S/C37H39FN6O5S/c1-24-12-17-28-29(9-5-11-32(28)43-50(46,47)23-25-13-15-26(38)16-14-25)33(24)48-34-30(10-6-19-39-34)31-18-20-40-35(42-31)41-27-8-7-21-44(22-27)36(45)49-37(2,3)4/h5-6,9-20,27,43H,7-8,21-23H2,1-4H3,(H,40,41,42)/t27-/m0/s1. The van der Waals surface area contributed by atoms with Crippen LogP contribution >= 0.6 is 0 Å². The zero-order chi connectivity index (χ0) is 35.5. The third kappa shape index (κ3) is 8.46. The SMILES string of the molecule is Cc1ccc2c(NS(=O)(=O)Cc3ccc(F)cc3)cccc2c1Oc1ncccc1-c1ccnc(N[C@H]2CCCN(C(=O)OC(C)(C)C)C2)n1. The number of aromatic nitrogens is 3. The fourth-order valence-electron chi connectivity index (χ4n) is 5.78. The maximum Gasteiger partial charge on any atom is 0.410 e. The molecule has 1 atom stereocenters. The molecule has 1 amide bonds. The highest BCUT2D eigenvalue weighted by Crippen LogP contribution is 2.39. The minimum atomic E-state index is -3.82. The van der Waals surface area contributed by atoms with Crippen LogP contribution in [0.3, 0.4) is 0 Å². The maximum absolute atomic E-state index is 13.4. The van der Waals surface area contributed by atoms with E-state index in [4.69, 9.17) is 14.5 Å². The summed E-state index contributed by atoms with van der Waals surface area (Å²) in [5, 5.41) is 4.69. The Labute approximate surface area is 290 Å². The van der Waals surface area contributed by atoms with Gasteiger partial charge in [-0.2, -0.15) is 0 Å². The number of carbonyl (C=O) groups is 1. The van der Waals surface area contributed by atoms with E-state index < -0.39 is 21.4 Å². The normalized spacial score (nSPS) is 15.1. The Morgan fingerprint density at radius 3 is 2.56 bits per heavy atom. The zero-order valence-electron chi connectivity index (χ0n) is 28.3. The van der Waals surface area contributed by atoms with Gasteiger partial charge >= 0.3 is 6.09 Å². The number of fused-ring (bicyclic) bond motifs is 1. The molecule has 1 fully saturated rings. The van der Waals surface area contributed by atoms with Gasteiger partial charge in [0, 0.05) is 42.3 Å². The van der Waals surface area contributed by atoms with Gasteiger partial charge in [0.25, 0.3) is 0 Å². The number of carbonyl (C=O) groups excluding carboxylic acids is 1. The zero-order valence-corrected chi connectivity index (χ0v) is 29.1. The number of hydrogen-bond donors (Lipinski definition) is 2. The van der Waals surface area contributed by atoms with Crippen LogP contribution in [0.5, 0.6) is 11.6 Å². The van der Waals surface area contributed by atoms with E-state index in [-0.39, 0.29) is 17.9 Å². The smallest absolute Gasteiger partial charge is 0.410 e. The highest BCUT2D eigenvalue weighted by molar-refractivity contribution is 7.91. The predicted molar refractivity (Wildman–Crippen MR) is 191 cm³/mol. The largest absolute Gasteiger partial charge is 0.444 e. The maximum atomic E-state index is 13.4. The molecule has 11 nitrogen and oxygen atoms in total. The summed E-state index contributed by atoms with van der Waals surface area (Å²) in [6, 6.07) is 19.7. The van der Waals surface area contributed by atoms with E-state index in [1.165, 1.54) is 24.3 Å². The number of hydrogen-bond acceptors (Lipinski definition) is 9. The Morgan fingerprint density at radius 2 is 1.78 bits per heavy atom. The first-order valence-corrected chi connectivity index (χ1v) is 18.0. The van der Waals surface area contributed by atoms with Crippen molar-refractivity contribution in [1.29, 1.82) is 0 Å². The van der Waals surface area contributed by atoms with Crippen LogP contribution < -0.4 is 14.8 Å². The number of nitrogens with one attached hydrogen (secondary N) is 2. The number of sulfonamides is 1. The first-order valence-electron chi connectivity index (χ1n) is 16.3. The van der Waals surface area contributed by atoms with Crippen LogP contribution in [0.1, 0.15) is 44.7 Å². The number of pyridine rings is 1. The molecule has 1 saturated heterocycles. The number of ether oxygens (including phenoxy) is 2. The number of halogens is 1. The van der Waals surface area contributed by atoms with E-state index in [0.29, 0.717) is 63.9 Å². The molecule has 0 spiro atoms. The van der Waals surface area contributed by atoms with Crippen molar-refractivity contribution in [2.45, 2.75) is 57.9 Å². The van der Waals surface area contributed by atoms with Crippen LogP contribution in [0, 0.1) is 12.7 Å². The summed E-state index contributed by atoms with van der Waals surface area (Å²) in [5.74, 6) is 0.487. The lowest BCUT2D eigenvalue weighted by molar-refractivity contribution is 0.0206. The molecule has 0 saturated carbocycles. The second-order valence-electron chi connectivity index (χ2n) is 13.2. The van der Waals surface area contributed by atoms with Gasteiger partial charge in [0.15, 0.2) is 0 Å². The van der Waals surface area contributed by atoms with Crippen molar-refractivity contribution >= 4 is 38.5 Å². The molecule has 3 heterocycles. The number of anilines is 2. The Morgan fingerprint density at radius 1 is 0.980 bits per heavy atom. The van der Waals surface area contributed by atoms with Crippen molar-refractivity contribution in [2.24, 2.45) is 0 Å². The molecule has 1 aliphatic heterocycles. The third-order valence-corrected chi connectivity index (χ3v) is 9.30. The molecule has 5 aromatic rings. The Hall–Kier alpha value is -5.30. The average Bonchev–Trinajstić information content (AvgIpc) is 3.07. The summed E-state index contributed by atoms with van der Waals surface area (Å²) in [6.45, 7) is 8.55. The van der Waals surface area contributed by atoms with Gasteiger partial charge in [-0.05, 0) is 88.1 Å². The molecule has 0 aliphatic carbocycles. The minimum Gasteiger partial charge on any atom is -0.444 e. The molecule has 13 heteroatoms. The molecular formula is C37H39FN6O5S. The van der Waals surface area contributed by atoms with Gasteiger partial charge in [-0.3, -0.25) is 4.72 Å². The van der Waals surface area contributed by atoms with Crippen LogP contribution in [0.15, 0.2) is 85.2 Å². The van der Waals surface area contributed by atoms with Gasteiger partial charge in [-0.15, -0.1) is 0 Å². The van der Waals surface area contributed by atoms with Crippen LogP contribution in [0.2, 0.25) is 0 Å². The first kappa shape index (κ1) is 34.6. The van der Waals surface area contributed by atoms with Crippen LogP contribution in [0.4, 0.5) is 20.8 Å². The Balaban J connectivity index is 1.23. The van der Waals surface area contributed by atoms with E-state index in [2.05, 4.69) is 20.0 Å². The Bertz CT molecular complexity index is 2120. The molecule has 2 N–H and O–H groups in total. The average molecular weight is 699 g/mol. The van der Waals surface area contributed by atoms with Gasteiger partial charge in [0.05, 0.1) is 22.7 Å². The van der Waals surface area contributed by atoms with Gasteiger partial charge in [-0.25, -0.2) is 32.6 Å². The lowest BCUT2D eigenvalue weighted by Gasteiger charge is -2.34. The fourth-order valence-corrected chi connectivity index (χ4v) is 7.00. The number of benzene rings is 3. The second-order valence-corrected chi connectivity index (χ2v) is 15.0. The molecule has 0 bridgehead atoms. The lowest BCUT2D eigenvalue weighted by atomic mass is 10.0. The first-order chi connectivity index (χ1) is 23.8. The number of aryl methyl sites for hydroxylation is 1. The van der Waals surface area contributed by atoms with E-state index in [9.17, 15) is 17.6 Å². The molecule has 50 heavy (non-hydrogen) atoms. The number of likely N-dealkylation sites (tertiary alicyclic amines) is 1. The van der Waals surface area contributed by atoms with Crippen molar-refractivity contribution in [3.8, 4) is 22.9 Å². The predicted octanol–water partition coefficient (Wildman–Crippen LogP) is 7.68. The molecule has 0 radical (unpaired) electrons. The number of amides is 1. The van der Waals surface area contributed by atoms with Crippen molar-refractivity contribution in [3.63, 3.8) is 0 Å². The monoisotopic (exact) mass is 698 g/mol. The van der Waals surface area contributed by atoms with Gasteiger partial charge < -0.3 is 19.7 Å². The van der Waals surface area contributed by atoms with Crippen molar-refractivity contribution in [1.82, 2.24) is 19.9 Å². The summed E-state index contributed by atoms with van der Waals surface area (Å²) in [5.41, 5.74) is 2.30.